The topological polar surface area (TPSA) is 59.1 Å². The first kappa shape index (κ1) is 42.9. The smallest absolute Gasteiger partial charge is 0.320 e. The Balaban J connectivity index is 2.57. The molecule has 46 heavy (non-hydrogen) atoms. The second-order valence-electron chi connectivity index (χ2n) is 14.5. The van der Waals surface area contributed by atoms with E-state index in [1.165, 1.54) is 148 Å². The summed E-state index contributed by atoms with van der Waals surface area (Å²) in [7, 11) is 0. The lowest BCUT2D eigenvalue weighted by Crippen LogP contribution is -2.40. The quantitative estimate of drug-likeness (QED) is 0.0392. The minimum atomic E-state index is -0.0555. The SMILES string of the molecule is CCCCCCCCCN(CCCCCCCCC)CCN(CCCCCCCCC)CC(=O)OCC1CCC(COC=O)CC1. The lowest BCUT2D eigenvalue weighted by atomic mass is 9.83. The van der Waals surface area contributed by atoms with E-state index in [-0.39, 0.29) is 5.97 Å². The first-order valence-electron chi connectivity index (χ1n) is 20.3. The third-order valence-corrected chi connectivity index (χ3v) is 10.2. The second kappa shape index (κ2) is 32.4. The van der Waals surface area contributed by atoms with Crippen LogP contribution in [0.15, 0.2) is 0 Å². The van der Waals surface area contributed by atoms with E-state index in [2.05, 4.69) is 30.6 Å². The first-order chi connectivity index (χ1) is 22.6. The zero-order chi connectivity index (χ0) is 33.3. The van der Waals surface area contributed by atoms with Crippen LogP contribution in [0.25, 0.3) is 0 Å². The molecule has 6 heteroatoms. The molecule has 0 aromatic heterocycles. The molecule has 1 fully saturated rings. The van der Waals surface area contributed by atoms with Gasteiger partial charge in [-0.2, -0.15) is 0 Å². The zero-order valence-electron chi connectivity index (χ0n) is 31.1. The van der Waals surface area contributed by atoms with Crippen LogP contribution in [0.1, 0.15) is 181 Å². The highest BCUT2D eigenvalue weighted by atomic mass is 16.5. The van der Waals surface area contributed by atoms with Crippen LogP contribution in [0.4, 0.5) is 0 Å². The maximum Gasteiger partial charge on any atom is 0.320 e. The van der Waals surface area contributed by atoms with E-state index in [4.69, 9.17) is 9.47 Å². The maximum absolute atomic E-state index is 13.1. The molecule has 272 valence electrons. The molecule has 0 unspecified atom stereocenters. The molecule has 0 N–H and O–H groups in total. The summed E-state index contributed by atoms with van der Waals surface area (Å²) in [6.45, 7) is 14.3. The number of rotatable bonds is 34. The van der Waals surface area contributed by atoms with Crippen LogP contribution < -0.4 is 0 Å². The summed E-state index contributed by atoms with van der Waals surface area (Å²) in [6, 6.07) is 0. The number of hydrogen-bond donors (Lipinski definition) is 0. The van der Waals surface area contributed by atoms with Crippen molar-refractivity contribution in [3.05, 3.63) is 0 Å². The summed E-state index contributed by atoms with van der Waals surface area (Å²) in [4.78, 5) is 28.7. The van der Waals surface area contributed by atoms with E-state index < -0.39 is 0 Å². The van der Waals surface area contributed by atoms with Gasteiger partial charge in [-0.25, -0.2) is 0 Å². The number of esters is 1. The Morgan fingerprint density at radius 3 is 1.33 bits per heavy atom. The number of ether oxygens (including phenoxy) is 2. The number of carbonyl (C=O) groups is 2. The average molecular weight is 651 g/mol. The average Bonchev–Trinajstić information content (AvgIpc) is 3.07. The summed E-state index contributed by atoms with van der Waals surface area (Å²) in [6.07, 6.45) is 32.2. The molecule has 1 rings (SSSR count). The van der Waals surface area contributed by atoms with Gasteiger partial charge in [-0.05, 0) is 76.4 Å². The van der Waals surface area contributed by atoms with Gasteiger partial charge in [0, 0.05) is 13.1 Å². The molecular weight excluding hydrogens is 572 g/mol. The Bertz CT molecular complexity index is 650. The zero-order valence-corrected chi connectivity index (χ0v) is 31.1. The highest BCUT2D eigenvalue weighted by Crippen LogP contribution is 2.29. The fourth-order valence-electron chi connectivity index (χ4n) is 6.94. The lowest BCUT2D eigenvalue weighted by Gasteiger charge is -2.29. The van der Waals surface area contributed by atoms with E-state index in [9.17, 15) is 9.59 Å². The third-order valence-electron chi connectivity index (χ3n) is 10.2. The van der Waals surface area contributed by atoms with Crippen molar-refractivity contribution < 1.29 is 19.1 Å². The van der Waals surface area contributed by atoms with Crippen molar-refractivity contribution in [1.29, 1.82) is 0 Å². The molecule has 1 aliphatic carbocycles. The van der Waals surface area contributed by atoms with E-state index in [0.29, 0.717) is 38.1 Å². The molecular formula is C40H78N2O4. The fraction of sp³-hybridized carbons (Fsp3) is 0.950. The van der Waals surface area contributed by atoms with E-state index in [0.717, 1.165) is 45.3 Å². The predicted molar refractivity (Wildman–Crippen MR) is 195 cm³/mol. The summed E-state index contributed by atoms with van der Waals surface area (Å²) in [5, 5.41) is 0. The van der Waals surface area contributed by atoms with Crippen molar-refractivity contribution in [1.82, 2.24) is 9.80 Å². The lowest BCUT2D eigenvalue weighted by molar-refractivity contribution is -0.147. The Morgan fingerprint density at radius 1 is 0.522 bits per heavy atom. The molecule has 1 saturated carbocycles. The Labute approximate surface area is 286 Å². The van der Waals surface area contributed by atoms with Gasteiger partial charge in [0.2, 0.25) is 0 Å². The number of unbranched alkanes of at least 4 members (excludes halogenated alkanes) is 18. The summed E-state index contributed by atoms with van der Waals surface area (Å²) >= 11 is 0. The molecule has 0 atom stereocenters. The Morgan fingerprint density at radius 2 is 0.891 bits per heavy atom. The maximum atomic E-state index is 13.1. The minimum absolute atomic E-state index is 0.0555. The van der Waals surface area contributed by atoms with Crippen molar-refractivity contribution in [2.45, 2.75) is 181 Å². The van der Waals surface area contributed by atoms with E-state index >= 15 is 0 Å². The number of hydrogen-bond acceptors (Lipinski definition) is 6. The molecule has 0 spiro atoms. The number of carbonyl (C=O) groups excluding carboxylic acids is 2. The van der Waals surface area contributed by atoms with E-state index in [1.54, 1.807) is 0 Å². The van der Waals surface area contributed by atoms with Crippen LogP contribution >= 0.6 is 0 Å². The van der Waals surface area contributed by atoms with Crippen LogP contribution in [-0.4, -0.2) is 74.7 Å². The van der Waals surface area contributed by atoms with E-state index in [1.807, 2.05) is 0 Å². The monoisotopic (exact) mass is 651 g/mol. The van der Waals surface area contributed by atoms with Gasteiger partial charge in [0.25, 0.3) is 6.47 Å². The normalized spacial score (nSPS) is 16.7. The molecule has 0 aromatic rings. The number of nitrogens with zero attached hydrogens (tertiary/aromatic N) is 2. The van der Waals surface area contributed by atoms with Gasteiger partial charge in [-0.15, -0.1) is 0 Å². The van der Waals surface area contributed by atoms with Crippen LogP contribution in [0.2, 0.25) is 0 Å². The molecule has 0 amide bonds. The van der Waals surface area contributed by atoms with Crippen LogP contribution in [-0.2, 0) is 19.1 Å². The summed E-state index contributed by atoms with van der Waals surface area (Å²) < 4.78 is 10.8. The van der Waals surface area contributed by atoms with Crippen molar-refractivity contribution in [3.63, 3.8) is 0 Å². The fourth-order valence-corrected chi connectivity index (χ4v) is 6.94. The van der Waals surface area contributed by atoms with Crippen molar-refractivity contribution >= 4 is 12.4 Å². The molecule has 0 heterocycles. The van der Waals surface area contributed by atoms with Crippen molar-refractivity contribution in [3.8, 4) is 0 Å². The largest absolute Gasteiger partial charge is 0.468 e. The highest BCUT2D eigenvalue weighted by Gasteiger charge is 2.23. The summed E-state index contributed by atoms with van der Waals surface area (Å²) in [5.41, 5.74) is 0. The predicted octanol–water partition coefficient (Wildman–Crippen LogP) is 10.4. The van der Waals surface area contributed by atoms with Gasteiger partial charge in [-0.3, -0.25) is 14.5 Å². The van der Waals surface area contributed by atoms with Gasteiger partial charge < -0.3 is 14.4 Å². The molecule has 0 bridgehead atoms. The summed E-state index contributed by atoms with van der Waals surface area (Å²) in [5.74, 6) is 0.840. The van der Waals surface area contributed by atoms with Gasteiger partial charge in [0.15, 0.2) is 0 Å². The molecule has 0 radical (unpaired) electrons. The van der Waals surface area contributed by atoms with Crippen molar-refractivity contribution in [2.24, 2.45) is 11.8 Å². The first-order valence-corrected chi connectivity index (χ1v) is 20.3. The van der Waals surface area contributed by atoms with Crippen LogP contribution in [0, 0.1) is 11.8 Å². The van der Waals surface area contributed by atoms with Crippen LogP contribution in [0.3, 0.4) is 0 Å². The highest BCUT2D eigenvalue weighted by molar-refractivity contribution is 5.71. The van der Waals surface area contributed by atoms with Gasteiger partial charge in [0.05, 0.1) is 19.8 Å². The standard InChI is InChI=1S/C40H78N2O4/c1-4-7-10-13-16-19-22-29-41(30-23-20-17-14-11-8-5-2)32-33-42(31-24-21-18-15-12-9-6-3)34-40(44)46-36-39-27-25-38(26-28-39)35-45-37-43/h37-39H,4-36H2,1-3H3. The Hall–Kier alpha value is -1.14. The third kappa shape index (κ3) is 25.9. The second-order valence-corrected chi connectivity index (χ2v) is 14.5. The molecule has 0 saturated heterocycles. The van der Waals surface area contributed by atoms with Crippen molar-refractivity contribution in [2.75, 3.05) is 52.5 Å². The van der Waals surface area contributed by atoms with Crippen LogP contribution in [0.5, 0.6) is 0 Å². The minimum Gasteiger partial charge on any atom is -0.468 e. The van der Waals surface area contributed by atoms with Gasteiger partial charge in [0.1, 0.15) is 0 Å². The Kier molecular flexibility index (Phi) is 30.2. The molecule has 1 aliphatic rings. The molecule has 0 aromatic carbocycles. The van der Waals surface area contributed by atoms with Gasteiger partial charge in [-0.1, -0.05) is 136 Å². The van der Waals surface area contributed by atoms with Gasteiger partial charge >= 0.3 is 5.97 Å². The molecule has 6 nitrogen and oxygen atoms in total. The molecule has 0 aliphatic heterocycles.